The van der Waals surface area contributed by atoms with Gasteiger partial charge in [-0.1, -0.05) is 18.2 Å². The predicted octanol–water partition coefficient (Wildman–Crippen LogP) is 3.31. The third-order valence-electron chi connectivity index (χ3n) is 5.89. The van der Waals surface area contributed by atoms with Crippen LogP contribution in [0.4, 0.5) is 13.2 Å². The summed E-state index contributed by atoms with van der Waals surface area (Å²) in [6.45, 7) is 0.591. The van der Waals surface area contributed by atoms with Crippen LogP contribution in [-0.2, 0) is 28.2 Å². The number of carbonyl (C=O) groups is 1. The number of aromatic nitrogens is 2. The van der Waals surface area contributed by atoms with Crippen molar-refractivity contribution in [3.8, 4) is 0 Å². The van der Waals surface area contributed by atoms with Crippen LogP contribution in [-0.4, -0.2) is 48.3 Å². The molecule has 2 aliphatic rings. The number of rotatable bonds is 2. The monoisotopic (exact) mass is 441 g/mol. The third kappa shape index (κ3) is 4.10. The highest BCUT2D eigenvalue weighted by Gasteiger charge is 2.37. The SMILES string of the molecule is O=C(c1n[nH]c2c1CS(=O)(=O)CCC2)N1CCC(c2ccccc2C(F)(F)F)CC1. The predicted molar refractivity (Wildman–Crippen MR) is 104 cm³/mol. The van der Waals surface area contributed by atoms with Gasteiger partial charge in [-0.05, 0) is 43.2 Å². The molecule has 0 saturated carbocycles. The molecule has 1 N–H and O–H groups in total. The van der Waals surface area contributed by atoms with Gasteiger partial charge in [0.05, 0.1) is 17.1 Å². The molecule has 1 aromatic carbocycles. The summed E-state index contributed by atoms with van der Waals surface area (Å²) in [5.74, 6) is -0.793. The minimum absolute atomic E-state index is 0.0765. The van der Waals surface area contributed by atoms with Crippen LogP contribution in [0, 0.1) is 0 Å². The maximum Gasteiger partial charge on any atom is 0.416 e. The van der Waals surface area contributed by atoms with Crippen LogP contribution in [0.5, 0.6) is 0 Å². The van der Waals surface area contributed by atoms with Crippen molar-refractivity contribution in [3.63, 3.8) is 0 Å². The molecular formula is C20H22F3N3O3S. The molecule has 30 heavy (non-hydrogen) atoms. The normalized spacial score (nSPS) is 19.9. The van der Waals surface area contributed by atoms with Gasteiger partial charge in [-0.15, -0.1) is 0 Å². The number of nitrogens with zero attached hydrogens (tertiary/aromatic N) is 2. The minimum Gasteiger partial charge on any atom is -0.337 e. The fraction of sp³-hybridized carbons (Fsp3) is 0.500. The van der Waals surface area contributed by atoms with E-state index in [4.69, 9.17) is 0 Å². The molecule has 1 amide bonds. The Labute approximate surface area is 172 Å². The van der Waals surface area contributed by atoms with Crippen molar-refractivity contribution in [3.05, 3.63) is 52.3 Å². The van der Waals surface area contributed by atoms with Crippen molar-refractivity contribution in [1.82, 2.24) is 15.1 Å². The highest BCUT2D eigenvalue weighted by molar-refractivity contribution is 7.90. The number of hydrogen-bond acceptors (Lipinski definition) is 4. The van der Waals surface area contributed by atoms with E-state index in [2.05, 4.69) is 10.2 Å². The Morgan fingerprint density at radius 3 is 2.57 bits per heavy atom. The highest BCUT2D eigenvalue weighted by atomic mass is 32.2. The lowest BCUT2D eigenvalue weighted by molar-refractivity contribution is -0.138. The first-order chi connectivity index (χ1) is 14.2. The fourth-order valence-electron chi connectivity index (χ4n) is 4.36. The van der Waals surface area contributed by atoms with Crippen LogP contribution in [0.3, 0.4) is 0 Å². The smallest absolute Gasteiger partial charge is 0.337 e. The molecule has 0 atom stereocenters. The van der Waals surface area contributed by atoms with E-state index >= 15 is 0 Å². The Kier molecular flexibility index (Phi) is 5.37. The van der Waals surface area contributed by atoms with E-state index in [1.54, 1.807) is 11.0 Å². The summed E-state index contributed by atoms with van der Waals surface area (Å²) in [6, 6.07) is 5.57. The number of carbonyl (C=O) groups excluding carboxylic acids is 1. The van der Waals surface area contributed by atoms with Crippen LogP contribution < -0.4 is 0 Å². The van der Waals surface area contributed by atoms with Gasteiger partial charge < -0.3 is 4.90 Å². The maximum absolute atomic E-state index is 13.3. The minimum atomic E-state index is -4.42. The van der Waals surface area contributed by atoms with E-state index in [0.29, 0.717) is 50.0 Å². The molecule has 1 fully saturated rings. The largest absolute Gasteiger partial charge is 0.416 e. The van der Waals surface area contributed by atoms with Crippen molar-refractivity contribution in [2.24, 2.45) is 0 Å². The molecule has 2 aliphatic heterocycles. The number of halogens is 3. The van der Waals surface area contributed by atoms with E-state index in [0.717, 1.165) is 6.07 Å². The lowest BCUT2D eigenvalue weighted by Gasteiger charge is -2.33. The Hall–Kier alpha value is -2.36. The van der Waals surface area contributed by atoms with Gasteiger partial charge in [0.25, 0.3) is 5.91 Å². The molecule has 4 rings (SSSR count). The number of piperidine rings is 1. The van der Waals surface area contributed by atoms with Gasteiger partial charge >= 0.3 is 6.18 Å². The summed E-state index contributed by atoms with van der Waals surface area (Å²) in [4.78, 5) is 14.6. The number of nitrogens with one attached hydrogen (secondary N) is 1. The summed E-state index contributed by atoms with van der Waals surface area (Å²) < 4.78 is 64.2. The molecular weight excluding hydrogens is 419 g/mol. The number of amides is 1. The highest BCUT2D eigenvalue weighted by Crippen LogP contribution is 2.38. The molecule has 6 nitrogen and oxygen atoms in total. The Balaban J connectivity index is 1.50. The van der Waals surface area contributed by atoms with E-state index in [1.165, 1.54) is 12.1 Å². The van der Waals surface area contributed by atoms with Crippen LogP contribution in [0.15, 0.2) is 24.3 Å². The number of aryl methyl sites for hydroxylation is 1. The van der Waals surface area contributed by atoms with Crippen molar-refractivity contribution in [1.29, 1.82) is 0 Å². The van der Waals surface area contributed by atoms with Gasteiger partial charge in [0.15, 0.2) is 15.5 Å². The molecule has 0 aliphatic carbocycles. The number of sulfone groups is 1. The molecule has 162 valence electrons. The number of H-pyrrole nitrogens is 1. The lowest BCUT2D eigenvalue weighted by atomic mass is 9.86. The molecule has 10 heteroatoms. The van der Waals surface area contributed by atoms with Crippen LogP contribution >= 0.6 is 0 Å². The second kappa shape index (κ2) is 7.72. The van der Waals surface area contributed by atoms with Gasteiger partial charge in [-0.2, -0.15) is 18.3 Å². The van der Waals surface area contributed by atoms with Gasteiger partial charge in [0.2, 0.25) is 0 Å². The number of fused-ring (bicyclic) bond motifs is 1. The van der Waals surface area contributed by atoms with Gasteiger partial charge in [-0.3, -0.25) is 9.89 Å². The average Bonchev–Trinajstić information content (AvgIpc) is 3.01. The summed E-state index contributed by atoms with van der Waals surface area (Å²) in [6.07, 6.45) is -2.60. The molecule has 2 aromatic rings. The molecule has 3 heterocycles. The first kappa shape index (κ1) is 20.9. The Bertz CT molecular complexity index is 1050. The zero-order valence-electron chi connectivity index (χ0n) is 16.2. The topological polar surface area (TPSA) is 83.1 Å². The van der Waals surface area contributed by atoms with E-state index in [1.807, 2.05) is 0 Å². The summed E-state index contributed by atoms with van der Waals surface area (Å²) >= 11 is 0. The maximum atomic E-state index is 13.3. The van der Waals surface area contributed by atoms with Crippen molar-refractivity contribution in [2.75, 3.05) is 18.8 Å². The molecule has 0 bridgehead atoms. The van der Waals surface area contributed by atoms with Crippen LogP contribution in [0.25, 0.3) is 0 Å². The second-order valence-electron chi connectivity index (χ2n) is 7.88. The molecule has 0 radical (unpaired) electrons. The molecule has 1 saturated heterocycles. The molecule has 1 aromatic heterocycles. The number of likely N-dealkylation sites (tertiary alicyclic amines) is 1. The lowest BCUT2D eigenvalue weighted by Crippen LogP contribution is -2.39. The number of alkyl halides is 3. The first-order valence-electron chi connectivity index (χ1n) is 9.87. The number of benzene rings is 1. The summed E-state index contributed by atoms with van der Waals surface area (Å²) in [5, 5.41) is 6.87. The number of aromatic amines is 1. The summed E-state index contributed by atoms with van der Waals surface area (Å²) in [5.41, 5.74) is 0.856. The quantitative estimate of drug-likeness (QED) is 0.775. The number of hydrogen-bond donors (Lipinski definition) is 1. The van der Waals surface area contributed by atoms with E-state index in [-0.39, 0.29) is 34.6 Å². The zero-order valence-corrected chi connectivity index (χ0v) is 17.0. The Morgan fingerprint density at radius 2 is 1.87 bits per heavy atom. The van der Waals surface area contributed by atoms with Gasteiger partial charge in [0.1, 0.15) is 0 Å². The van der Waals surface area contributed by atoms with Gasteiger partial charge in [0, 0.05) is 24.3 Å². The van der Waals surface area contributed by atoms with Gasteiger partial charge in [-0.25, -0.2) is 8.42 Å². The van der Waals surface area contributed by atoms with Crippen LogP contribution in [0.1, 0.15) is 58.1 Å². The standard InChI is InChI=1S/C20H22F3N3O3S/c21-20(22,23)16-5-2-1-4-14(16)13-7-9-26(10-8-13)19(27)18-15-12-30(28,29)11-3-6-17(15)24-25-18/h1-2,4-5,13H,3,6-12H2,(H,24,25). The Morgan fingerprint density at radius 1 is 1.17 bits per heavy atom. The van der Waals surface area contributed by atoms with E-state index < -0.39 is 21.6 Å². The first-order valence-corrected chi connectivity index (χ1v) is 11.7. The zero-order chi connectivity index (χ0) is 21.5. The van der Waals surface area contributed by atoms with Crippen LogP contribution in [0.2, 0.25) is 0 Å². The fourth-order valence-corrected chi connectivity index (χ4v) is 5.84. The summed E-state index contributed by atoms with van der Waals surface area (Å²) in [7, 11) is -3.29. The van der Waals surface area contributed by atoms with Crippen molar-refractivity contribution < 1.29 is 26.4 Å². The molecule has 0 unspecified atom stereocenters. The molecule has 0 spiro atoms. The van der Waals surface area contributed by atoms with E-state index in [9.17, 15) is 26.4 Å². The van der Waals surface area contributed by atoms with Crippen molar-refractivity contribution >= 4 is 15.7 Å². The third-order valence-corrected chi connectivity index (χ3v) is 7.53. The average molecular weight is 441 g/mol. The second-order valence-corrected chi connectivity index (χ2v) is 10.1. The van der Waals surface area contributed by atoms with Crippen molar-refractivity contribution in [2.45, 2.75) is 43.5 Å².